The summed E-state index contributed by atoms with van der Waals surface area (Å²) in [6.45, 7) is 1.99. The highest BCUT2D eigenvalue weighted by Gasteiger charge is 2.25. The summed E-state index contributed by atoms with van der Waals surface area (Å²) in [7, 11) is 1.69. The summed E-state index contributed by atoms with van der Waals surface area (Å²) < 4.78 is 7.71. The van der Waals surface area contributed by atoms with Crippen molar-refractivity contribution in [3.8, 4) is 5.75 Å². The Morgan fingerprint density at radius 1 is 1.19 bits per heavy atom. The maximum Gasteiger partial charge on any atom is 0.182 e. The quantitative estimate of drug-likeness (QED) is 0.724. The van der Waals surface area contributed by atoms with Crippen molar-refractivity contribution in [2.45, 2.75) is 38.5 Å². The number of hydrogen-bond donors (Lipinski definition) is 0. The van der Waals surface area contributed by atoms with E-state index in [1.165, 1.54) is 25.7 Å². The molecule has 2 heterocycles. The van der Waals surface area contributed by atoms with Gasteiger partial charge in [-0.3, -0.25) is 4.40 Å². The number of rotatable bonds is 2. The number of methoxy groups -OCH3 is 1. The molecule has 108 valence electrons. The van der Waals surface area contributed by atoms with Crippen LogP contribution in [0.15, 0.2) is 18.2 Å². The lowest BCUT2D eigenvalue weighted by Gasteiger charge is -2.12. The van der Waals surface area contributed by atoms with Crippen LogP contribution < -0.4 is 4.74 Å². The molecule has 1 fully saturated rings. The Kier molecular flexibility index (Phi) is 2.80. The number of benzene rings is 1. The second-order valence-electron chi connectivity index (χ2n) is 5.72. The van der Waals surface area contributed by atoms with E-state index in [1.54, 1.807) is 7.11 Å². The van der Waals surface area contributed by atoms with Gasteiger partial charge >= 0.3 is 0 Å². The normalized spacial score (nSPS) is 16.1. The van der Waals surface area contributed by atoms with Gasteiger partial charge in [0.1, 0.15) is 17.1 Å². The third kappa shape index (κ3) is 1.80. The highest BCUT2D eigenvalue weighted by molar-refractivity contribution is 5.84. The Bertz CT molecular complexity index is 818. The second kappa shape index (κ2) is 4.69. The predicted molar refractivity (Wildman–Crippen MR) is 80.8 cm³/mol. The average Bonchev–Trinajstić information content (AvgIpc) is 3.15. The number of aryl methyl sites for hydroxylation is 1. The minimum Gasteiger partial charge on any atom is -0.494 e. The van der Waals surface area contributed by atoms with Crippen molar-refractivity contribution < 1.29 is 4.74 Å². The number of aromatic nitrogens is 4. The van der Waals surface area contributed by atoms with Gasteiger partial charge in [0.05, 0.1) is 18.3 Å². The van der Waals surface area contributed by atoms with Crippen LogP contribution in [0.25, 0.3) is 16.7 Å². The molecule has 21 heavy (non-hydrogen) atoms. The van der Waals surface area contributed by atoms with Crippen LogP contribution in [0.5, 0.6) is 5.75 Å². The molecule has 1 saturated carbocycles. The first-order valence-corrected chi connectivity index (χ1v) is 7.48. The van der Waals surface area contributed by atoms with E-state index in [9.17, 15) is 0 Å². The van der Waals surface area contributed by atoms with Crippen LogP contribution in [0, 0.1) is 6.92 Å². The highest BCUT2D eigenvalue weighted by Crippen LogP contribution is 2.35. The van der Waals surface area contributed by atoms with Gasteiger partial charge in [-0.1, -0.05) is 18.9 Å². The van der Waals surface area contributed by atoms with E-state index < -0.39 is 0 Å². The molecule has 0 aliphatic heterocycles. The standard InChI is InChI=1S/C16H18N4O/c1-10-15-18-19-16(11-6-3-4-7-11)20(15)14-12(17-10)8-5-9-13(14)21-2/h5,8-9,11H,3-4,6-7H2,1-2H3. The SMILES string of the molecule is COc1cccc2nc(C)c3nnc(C4CCCC4)n3c12. The van der Waals surface area contributed by atoms with Gasteiger partial charge in [-0.25, -0.2) is 4.98 Å². The lowest BCUT2D eigenvalue weighted by Crippen LogP contribution is -2.04. The number of ether oxygens (including phenoxy) is 1. The number of hydrogen-bond acceptors (Lipinski definition) is 4. The van der Waals surface area contributed by atoms with Gasteiger partial charge in [-0.05, 0) is 31.9 Å². The topological polar surface area (TPSA) is 52.3 Å². The first-order valence-electron chi connectivity index (χ1n) is 7.48. The molecular weight excluding hydrogens is 264 g/mol. The zero-order chi connectivity index (χ0) is 14.4. The number of para-hydroxylation sites is 1. The zero-order valence-electron chi connectivity index (χ0n) is 12.3. The summed E-state index contributed by atoms with van der Waals surface area (Å²) in [5.74, 6) is 2.38. The molecule has 3 aromatic rings. The molecule has 0 saturated heterocycles. The minimum absolute atomic E-state index is 0.495. The fourth-order valence-corrected chi connectivity index (χ4v) is 3.42. The summed E-state index contributed by atoms with van der Waals surface area (Å²) in [6, 6.07) is 5.96. The van der Waals surface area contributed by atoms with Gasteiger partial charge in [-0.2, -0.15) is 0 Å². The zero-order valence-corrected chi connectivity index (χ0v) is 12.3. The smallest absolute Gasteiger partial charge is 0.182 e. The van der Waals surface area contributed by atoms with Gasteiger partial charge in [0.2, 0.25) is 0 Å². The van der Waals surface area contributed by atoms with Crippen molar-refractivity contribution >= 4 is 16.7 Å². The molecule has 0 unspecified atom stereocenters. The van der Waals surface area contributed by atoms with Crippen LogP contribution in [0.4, 0.5) is 0 Å². The summed E-state index contributed by atoms with van der Waals surface area (Å²) in [4.78, 5) is 4.65. The van der Waals surface area contributed by atoms with Crippen LogP contribution in [0.3, 0.4) is 0 Å². The van der Waals surface area contributed by atoms with Gasteiger partial charge in [0.15, 0.2) is 5.65 Å². The van der Waals surface area contributed by atoms with Crippen LogP contribution in [-0.2, 0) is 0 Å². The second-order valence-corrected chi connectivity index (χ2v) is 5.72. The molecule has 0 spiro atoms. The summed E-state index contributed by atoms with van der Waals surface area (Å²) in [5.41, 5.74) is 3.66. The first-order chi connectivity index (χ1) is 10.3. The van der Waals surface area contributed by atoms with Crippen molar-refractivity contribution in [1.82, 2.24) is 19.6 Å². The van der Waals surface area contributed by atoms with Crippen molar-refractivity contribution in [2.75, 3.05) is 7.11 Å². The van der Waals surface area contributed by atoms with E-state index in [2.05, 4.69) is 19.6 Å². The lowest BCUT2D eigenvalue weighted by atomic mass is 10.1. The molecule has 5 heteroatoms. The third-order valence-corrected chi connectivity index (χ3v) is 4.44. The van der Waals surface area contributed by atoms with E-state index >= 15 is 0 Å². The van der Waals surface area contributed by atoms with Crippen molar-refractivity contribution in [3.63, 3.8) is 0 Å². The fraction of sp³-hybridized carbons (Fsp3) is 0.438. The van der Waals surface area contributed by atoms with Crippen molar-refractivity contribution in [1.29, 1.82) is 0 Å². The first kappa shape index (κ1) is 12.6. The Morgan fingerprint density at radius 3 is 2.76 bits per heavy atom. The van der Waals surface area contributed by atoms with Crippen LogP contribution >= 0.6 is 0 Å². The number of nitrogens with zero attached hydrogens (tertiary/aromatic N) is 4. The molecule has 0 bridgehead atoms. The maximum atomic E-state index is 5.55. The summed E-state index contributed by atoms with van der Waals surface area (Å²) in [5, 5.41) is 8.86. The van der Waals surface area contributed by atoms with E-state index in [1.807, 2.05) is 25.1 Å². The molecular formula is C16H18N4O. The third-order valence-electron chi connectivity index (χ3n) is 4.44. The molecule has 4 rings (SSSR count). The highest BCUT2D eigenvalue weighted by atomic mass is 16.5. The van der Waals surface area contributed by atoms with Crippen LogP contribution in [0.2, 0.25) is 0 Å². The van der Waals surface area contributed by atoms with E-state index in [4.69, 9.17) is 4.74 Å². The molecule has 1 aromatic carbocycles. The van der Waals surface area contributed by atoms with Crippen molar-refractivity contribution in [2.24, 2.45) is 0 Å². The van der Waals surface area contributed by atoms with Gasteiger partial charge in [-0.15, -0.1) is 10.2 Å². The van der Waals surface area contributed by atoms with E-state index in [0.717, 1.165) is 33.9 Å². The Hall–Kier alpha value is -2.17. The summed E-state index contributed by atoms with van der Waals surface area (Å²) in [6.07, 6.45) is 4.94. The molecule has 0 amide bonds. The Balaban J connectivity index is 2.12. The molecule has 0 atom stereocenters. The van der Waals surface area contributed by atoms with Crippen LogP contribution in [-0.4, -0.2) is 26.7 Å². The van der Waals surface area contributed by atoms with Crippen molar-refractivity contribution in [3.05, 3.63) is 29.7 Å². The van der Waals surface area contributed by atoms with E-state index in [0.29, 0.717) is 5.92 Å². The maximum absolute atomic E-state index is 5.55. The molecule has 1 aliphatic carbocycles. The monoisotopic (exact) mass is 282 g/mol. The molecule has 0 N–H and O–H groups in total. The molecule has 2 aromatic heterocycles. The van der Waals surface area contributed by atoms with E-state index in [-0.39, 0.29) is 0 Å². The number of fused-ring (bicyclic) bond motifs is 3. The minimum atomic E-state index is 0.495. The molecule has 1 aliphatic rings. The van der Waals surface area contributed by atoms with Gasteiger partial charge in [0.25, 0.3) is 0 Å². The summed E-state index contributed by atoms with van der Waals surface area (Å²) >= 11 is 0. The largest absolute Gasteiger partial charge is 0.494 e. The molecule has 0 radical (unpaired) electrons. The Labute approximate surface area is 123 Å². The van der Waals surface area contributed by atoms with Crippen LogP contribution in [0.1, 0.15) is 43.1 Å². The Morgan fingerprint density at radius 2 is 2.00 bits per heavy atom. The predicted octanol–water partition coefficient (Wildman–Crippen LogP) is 3.25. The van der Waals surface area contributed by atoms with Gasteiger partial charge in [0, 0.05) is 5.92 Å². The lowest BCUT2D eigenvalue weighted by molar-refractivity contribution is 0.418. The van der Waals surface area contributed by atoms with Gasteiger partial charge < -0.3 is 4.74 Å². The fourth-order valence-electron chi connectivity index (χ4n) is 3.42. The molecule has 5 nitrogen and oxygen atoms in total. The average molecular weight is 282 g/mol.